The predicted molar refractivity (Wildman–Crippen MR) is 103 cm³/mol. The first-order valence-electron chi connectivity index (χ1n) is 10.3. The fraction of sp³-hybridized carbons (Fsp3) is 1.00. The summed E-state index contributed by atoms with van der Waals surface area (Å²) in [7, 11) is 0. The molecular weight excluding hydrogens is 355 g/mol. The molecule has 0 amide bonds. The Labute approximate surface area is 162 Å². The summed E-state index contributed by atoms with van der Waals surface area (Å²) in [4.78, 5) is -0.469. The summed E-state index contributed by atoms with van der Waals surface area (Å²) in [5.41, 5.74) is 0.274. The lowest BCUT2D eigenvalue weighted by Gasteiger charge is -2.65. The first-order chi connectivity index (χ1) is 11.6. The fourth-order valence-corrected chi connectivity index (χ4v) is 9.04. The zero-order chi connectivity index (χ0) is 18.2. The molecule has 25 heavy (non-hydrogen) atoms. The van der Waals surface area contributed by atoms with Gasteiger partial charge in [0.05, 0.1) is 22.5 Å². The highest BCUT2D eigenvalue weighted by atomic mass is 35.5. The Morgan fingerprint density at radius 3 is 2.44 bits per heavy atom. The van der Waals surface area contributed by atoms with Gasteiger partial charge in [0.25, 0.3) is 0 Å². The molecular formula is C21H34Cl2O2. The van der Waals surface area contributed by atoms with Crippen molar-refractivity contribution >= 4 is 23.2 Å². The van der Waals surface area contributed by atoms with Gasteiger partial charge in [0.15, 0.2) is 0 Å². The van der Waals surface area contributed by atoms with Crippen LogP contribution < -0.4 is 0 Å². The highest BCUT2D eigenvalue weighted by Gasteiger charge is 2.67. The van der Waals surface area contributed by atoms with E-state index in [0.29, 0.717) is 30.1 Å². The van der Waals surface area contributed by atoms with Gasteiger partial charge in [-0.3, -0.25) is 0 Å². The lowest BCUT2D eigenvalue weighted by molar-refractivity contribution is -0.120. The Morgan fingerprint density at radius 2 is 1.76 bits per heavy atom. The average Bonchev–Trinajstić information content (AvgIpc) is 2.88. The van der Waals surface area contributed by atoms with E-state index in [-0.39, 0.29) is 28.4 Å². The van der Waals surface area contributed by atoms with Crippen molar-refractivity contribution < 1.29 is 10.2 Å². The van der Waals surface area contributed by atoms with Gasteiger partial charge in [-0.2, -0.15) is 0 Å². The molecule has 0 bridgehead atoms. The standard InChI is InChI=1S/C21H34Cl2O2/c1-12(24)15-4-5-16-14-10-18(22)21(23)11-13(25)6-9-20(21,3)17(14)7-8-19(15,16)2/h12-18,24-25H,4-11H2,1-3H3/t12?,13-,14-,15+,16-,17-,18?,19+,20+,21?/m0/s1. The lowest BCUT2D eigenvalue weighted by Crippen LogP contribution is -2.64. The summed E-state index contributed by atoms with van der Waals surface area (Å²) in [5, 5.41) is 20.5. The van der Waals surface area contributed by atoms with Crippen LogP contribution in [0.1, 0.15) is 72.1 Å². The van der Waals surface area contributed by atoms with E-state index in [4.69, 9.17) is 23.2 Å². The van der Waals surface area contributed by atoms with Crippen LogP contribution in [0, 0.1) is 34.5 Å². The van der Waals surface area contributed by atoms with Crippen LogP contribution in [0.25, 0.3) is 0 Å². The number of alkyl halides is 2. The average molecular weight is 389 g/mol. The van der Waals surface area contributed by atoms with Gasteiger partial charge in [-0.25, -0.2) is 0 Å². The third-order valence-electron chi connectivity index (χ3n) is 9.37. The monoisotopic (exact) mass is 388 g/mol. The van der Waals surface area contributed by atoms with Gasteiger partial charge < -0.3 is 10.2 Å². The van der Waals surface area contributed by atoms with Crippen molar-refractivity contribution in [2.75, 3.05) is 0 Å². The number of aliphatic hydroxyl groups excluding tert-OH is 2. The molecule has 0 aromatic rings. The first-order valence-corrected chi connectivity index (χ1v) is 11.1. The number of rotatable bonds is 1. The van der Waals surface area contributed by atoms with E-state index in [9.17, 15) is 10.2 Å². The van der Waals surface area contributed by atoms with Crippen molar-refractivity contribution in [1.29, 1.82) is 0 Å². The van der Waals surface area contributed by atoms with Gasteiger partial charge in [0.2, 0.25) is 0 Å². The lowest BCUT2D eigenvalue weighted by atomic mass is 9.44. The molecule has 0 saturated heterocycles. The molecule has 4 fully saturated rings. The number of hydrogen-bond acceptors (Lipinski definition) is 2. The third-order valence-corrected chi connectivity index (χ3v) is 10.9. The number of halogens is 2. The molecule has 4 aliphatic carbocycles. The fourth-order valence-electron chi connectivity index (χ4n) is 8.00. The van der Waals surface area contributed by atoms with Gasteiger partial charge in [-0.05, 0) is 92.8 Å². The quantitative estimate of drug-likeness (QED) is 0.622. The molecule has 0 spiro atoms. The second-order valence-corrected chi connectivity index (χ2v) is 11.4. The van der Waals surface area contributed by atoms with Crippen molar-refractivity contribution in [2.45, 2.75) is 94.6 Å². The van der Waals surface area contributed by atoms with Crippen LogP contribution in [-0.4, -0.2) is 32.7 Å². The van der Waals surface area contributed by atoms with E-state index in [1.165, 1.54) is 19.3 Å². The summed E-state index contributed by atoms with van der Waals surface area (Å²) in [6, 6.07) is 0. The molecule has 4 saturated carbocycles. The van der Waals surface area contributed by atoms with Crippen LogP contribution in [0.4, 0.5) is 0 Å². The van der Waals surface area contributed by atoms with Crippen molar-refractivity contribution in [3.63, 3.8) is 0 Å². The minimum Gasteiger partial charge on any atom is -0.393 e. The Hall–Kier alpha value is 0.500. The maximum Gasteiger partial charge on any atom is 0.0690 e. The smallest absolute Gasteiger partial charge is 0.0690 e. The van der Waals surface area contributed by atoms with Crippen molar-refractivity contribution in [1.82, 2.24) is 0 Å². The molecule has 0 aromatic heterocycles. The highest BCUT2D eigenvalue weighted by molar-refractivity contribution is 6.33. The van der Waals surface area contributed by atoms with Crippen LogP contribution in [0.5, 0.6) is 0 Å². The number of hydrogen-bond donors (Lipinski definition) is 2. The van der Waals surface area contributed by atoms with Gasteiger partial charge in [-0.15, -0.1) is 23.2 Å². The minimum atomic E-state index is -0.469. The first kappa shape index (κ1) is 18.8. The molecule has 144 valence electrons. The second-order valence-electron chi connectivity index (χ2n) is 10.2. The van der Waals surface area contributed by atoms with Crippen molar-refractivity contribution in [3.8, 4) is 0 Å². The summed E-state index contributed by atoms with van der Waals surface area (Å²) < 4.78 is 0. The zero-order valence-corrected chi connectivity index (χ0v) is 17.4. The molecule has 4 aliphatic rings. The third kappa shape index (κ3) is 2.43. The summed E-state index contributed by atoms with van der Waals surface area (Å²) in [6.45, 7) is 6.77. The topological polar surface area (TPSA) is 40.5 Å². The van der Waals surface area contributed by atoms with Crippen LogP contribution in [0.3, 0.4) is 0 Å². The summed E-state index contributed by atoms with van der Waals surface area (Å²) in [5.74, 6) is 2.32. The molecule has 10 atom stereocenters. The van der Waals surface area contributed by atoms with Gasteiger partial charge >= 0.3 is 0 Å². The van der Waals surface area contributed by atoms with E-state index in [2.05, 4.69) is 13.8 Å². The highest BCUT2D eigenvalue weighted by Crippen LogP contribution is 2.70. The van der Waals surface area contributed by atoms with E-state index < -0.39 is 4.87 Å². The van der Waals surface area contributed by atoms with E-state index >= 15 is 0 Å². The molecule has 0 radical (unpaired) electrons. The Balaban J connectivity index is 1.68. The van der Waals surface area contributed by atoms with Crippen LogP contribution in [0.2, 0.25) is 0 Å². The Morgan fingerprint density at radius 1 is 1.04 bits per heavy atom. The van der Waals surface area contributed by atoms with Crippen LogP contribution >= 0.6 is 23.2 Å². The van der Waals surface area contributed by atoms with Crippen LogP contribution in [0.15, 0.2) is 0 Å². The van der Waals surface area contributed by atoms with Crippen molar-refractivity contribution in [3.05, 3.63) is 0 Å². The SMILES string of the molecule is CC(O)[C@H]1CC[C@H]2[C@@H]3CC(Cl)C4(Cl)C[C@@H](O)CC[C@]4(C)[C@H]3CC[C@]12C. The van der Waals surface area contributed by atoms with E-state index in [1.807, 2.05) is 6.92 Å². The molecule has 0 aromatic carbocycles. The summed E-state index contributed by atoms with van der Waals surface area (Å²) >= 11 is 14.2. The predicted octanol–water partition coefficient (Wildman–Crippen LogP) is 4.97. The van der Waals surface area contributed by atoms with Crippen molar-refractivity contribution in [2.24, 2.45) is 34.5 Å². The van der Waals surface area contributed by atoms with Gasteiger partial charge in [-0.1, -0.05) is 13.8 Å². The van der Waals surface area contributed by atoms with Gasteiger partial charge in [0, 0.05) is 0 Å². The normalized spacial score (nSPS) is 59.6. The molecule has 0 aliphatic heterocycles. The molecule has 4 rings (SSSR count). The molecule has 2 nitrogen and oxygen atoms in total. The molecule has 0 heterocycles. The second kappa shape index (κ2) is 6.00. The Kier molecular flexibility index (Phi) is 4.52. The number of aliphatic hydroxyl groups is 2. The van der Waals surface area contributed by atoms with E-state index in [1.54, 1.807) is 0 Å². The minimum absolute atomic E-state index is 0.0212. The maximum absolute atomic E-state index is 10.3. The molecule has 3 unspecified atom stereocenters. The largest absolute Gasteiger partial charge is 0.393 e. The summed E-state index contributed by atoms with van der Waals surface area (Å²) in [6.07, 6.45) is 7.73. The number of fused-ring (bicyclic) bond motifs is 5. The Bertz CT molecular complexity index is 540. The van der Waals surface area contributed by atoms with Gasteiger partial charge in [0.1, 0.15) is 0 Å². The van der Waals surface area contributed by atoms with E-state index in [0.717, 1.165) is 25.7 Å². The van der Waals surface area contributed by atoms with Crippen LogP contribution in [-0.2, 0) is 0 Å². The zero-order valence-electron chi connectivity index (χ0n) is 15.8. The molecule has 2 N–H and O–H groups in total. The molecule has 4 heteroatoms. The maximum atomic E-state index is 10.3.